The fourth-order valence-corrected chi connectivity index (χ4v) is 6.56. The molecule has 3 aromatic heterocycles. The van der Waals surface area contributed by atoms with Crippen LogP contribution in [0.25, 0.3) is 28.0 Å². The minimum Gasteiger partial charge on any atom is -0.497 e. The first-order chi connectivity index (χ1) is 23.9. The topological polar surface area (TPSA) is 137 Å². The van der Waals surface area contributed by atoms with Gasteiger partial charge in [-0.15, -0.1) is 0 Å². The van der Waals surface area contributed by atoms with Crippen molar-refractivity contribution in [1.29, 1.82) is 0 Å². The number of amides is 2. The Morgan fingerprint density at radius 2 is 1.84 bits per heavy atom. The summed E-state index contributed by atoms with van der Waals surface area (Å²) in [6.07, 6.45) is -0.311. The molecular weight excluding hydrogens is 651 g/mol. The number of rotatable bonds is 7. The van der Waals surface area contributed by atoms with E-state index in [9.17, 15) is 22.8 Å². The second-order valence-electron chi connectivity index (χ2n) is 12.9. The Morgan fingerprint density at radius 3 is 2.54 bits per heavy atom. The summed E-state index contributed by atoms with van der Waals surface area (Å²) in [6, 6.07) is 15.7. The smallest absolute Gasteiger partial charge is 0.416 e. The highest BCUT2D eigenvalue weighted by atomic mass is 19.4. The van der Waals surface area contributed by atoms with Crippen LogP contribution in [-0.2, 0) is 15.7 Å². The van der Waals surface area contributed by atoms with Crippen LogP contribution in [-0.4, -0.2) is 69.5 Å². The van der Waals surface area contributed by atoms with Crippen LogP contribution >= 0.6 is 0 Å². The fourth-order valence-electron chi connectivity index (χ4n) is 6.56. The molecule has 3 N–H and O–H groups in total. The number of hydrogen-bond donors (Lipinski definition) is 2. The Labute approximate surface area is 285 Å². The molecule has 50 heavy (non-hydrogen) atoms. The highest BCUT2D eigenvalue weighted by Gasteiger charge is 2.45. The minimum absolute atomic E-state index is 0.0675. The van der Waals surface area contributed by atoms with E-state index in [-0.39, 0.29) is 29.0 Å². The van der Waals surface area contributed by atoms with Crippen LogP contribution < -0.4 is 15.8 Å². The first kappa shape index (κ1) is 33.0. The maximum atomic E-state index is 13.5. The molecule has 7 rings (SSSR count). The zero-order valence-electron chi connectivity index (χ0n) is 27.3. The van der Waals surface area contributed by atoms with Crippen molar-refractivity contribution in [3.05, 3.63) is 90.0 Å². The van der Waals surface area contributed by atoms with E-state index in [1.165, 1.54) is 0 Å². The number of carbonyl (C=O) groups is 2. The van der Waals surface area contributed by atoms with Crippen molar-refractivity contribution in [2.45, 2.75) is 31.9 Å². The zero-order chi connectivity index (χ0) is 35.2. The molecule has 258 valence electrons. The summed E-state index contributed by atoms with van der Waals surface area (Å²) in [5.41, 5.74) is 8.62. The first-order valence-electron chi connectivity index (χ1n) is 16.1. The van der Waals surface area contributed by atoms with Crippen molar-refractivity contribution < 1.29 is 32.2 Å². The van der Waals surface area contributed by atoms with E-state index in [0.717, 1.165) is 42.4 Å². The lowest BCUT2D eigenvalue weighted by molar-refractivity contribution is -0.170. The number of hydrogen-bond acceptors (Lipinski definition) is 8. The monoisotopic (exact) mass is 685 g/mol. The van der Waals surface area contributed by atoms with Crippen LogP contribution in [0.15, 0.2) is 73.1 Å². The number of nitrogen functional groups attached to an aromatic ring is 1. The number of alkyl halides is 3. The van der Waals surface area contributed by atoms with Crippen molar-refractivity contribution in [2.24, 2.45) is 5.41 Å². The van der Waals surface area contributed by atoms with Crippen LogP contribution in [0.2, 0.25) is 0 Å². The lowest BCUT2D eigenvalue weighted by Crippen LogP contribution is -2.55. The maximum Gasteiger partial charge on any atom is 0.416 e. The van der Waals surface area contributed by atoms with Gasteiger partial charge in [-0.3, -0.25) is 14.0 Å². The van der Waals surface area contributed by atoms with Crippen LogP contribution in [0.3, 0.4) is 0 Å². The number of nitrogens with one attached hydrogen (secondary N) is 1. The molecule has 0 aliphatic carbocycles. The van der Waals surface area contributed by atoms with Gasteiger partial charge in [-0.1, -0.05) is 24.3 Å². The number of likely N-dealkylation sites (tertiary alicyclic amines) is 1. The lowest BCUT2D eigenvalue weighted by atomic mass is 9.85. The predicted octanol–water partition coefficient (Wildman–Crippen LogP) is 6.06. The first-order valence-corrected chi connectivity index (χ1v) is 16.1. The third-order valence-electron chi connectivity index (χ3n) is 9.26. The molecule has 2 fully saturated rings. The summed E-state index contributed by atoms with van der Waals surface area (Å²) in [6.45, 7) is 3.84. The van der Waals surface area contributed by atoms with Gasteiger partial charge in [-0.25, -0.2) is 15.0 Å². The van der Waals surface area contributed by atoms with Gasteiger partial charge in [0.1, 0.15) is 34.4 Å². The van der Waals surface area contributed by atoms with Crippen molar-refractivity contribution in [1.82, 2.24) is 24.3 Å². The van der Waals surface area contributed by atoms with Gasteiger partial charge in [0, 0.05) is 41.9 Å². The molecule has 5 heterocycles. The van der Waals surface area contributed by atoms with E-state index in [2.05, 4.69) is 15.3 Å². The zero-order valence-corrected chi connectivity index (χ0v) is 27.3. The van der Waals surface area contributed by atoms with Gasteiger partial charge in [-0.2, -0.15) is 13.2 Å². The Balaban J connectivity index is 1.28. The molecular formula is C36H34F3N7O4. The second kappa shape index (κ2) is 12.8. The third kappa shape index (κ3) is 6.10. The number of nitrogens with zero attached hydrogens (tertiary/aromatic N) is 5. The van der Waals surface area contributed by atoms with E-state index in [1.807, 2.05) is 40.5 Å². The summed E-state index contributed by atoms with van der Waals surface area (Å²) in [5, 5.41) is 2.43. The predicted molar refractivity (Wildman–Crippen MR) is 179 cm³/mol. The van der Waals surface area contributed by atoms with E-state index >= 15 is 0 Å². The van der Waals surface area contributed by atoms with E-state index in [1.54, 1.807) is 37.6 Å². The van der Waals surface area contributed by atoms with Crippen LogP contribution in [0.1, 0.15) is 47.4 Å². The van der Waals surface area contributed by atoms with Crippen LogP contribution in [0, 0.1) is 5.41 Å². The normalized spacial score (nSPS) is 17.3. The van der Waals surface area contributed by atoms with Gasteiger partial charge >= 0.3 is 6.18 Å². The number of benzene rings is 2. The number of ether oxygens (including phenoxy) is 2. The van der Waals surface area contributed by atoms with Gasteiger partial charge in [0.25, 0.3) is 5.91 Å². The number of nitrogens with two attached hydrogens (primary N) is 1. The molecule has 0 bridgehead atoms. The number of imidazole rings is 1. The van der Waals surface area contributed by atoms with Crippen molar-refractivity contribution >= 4 is 29.0 Å². The summed E-state index contributed by atoms with van der Waals surface area (Å²) in [7, 11) is 1.60. The van der Waals surface area contributed by atoms with Crippen molar-refractivity contribution in [3.63, 3.8) is 0 Å². The number of fused-ring (bicyclic) bond motifs is 1. The molecule has 1 atom stereocenters. The van der Waals surface area contributed by atoms with Gasteiger partial charge in [0.05, 0.1) is 43.2 Å². The van der Waals surface area contributed by atoms with Crippen molar-refractivity contribution in [3.8, 4) is 28.3 Å². The van der Waals surface area contributed by atoms with Crippen LogP contribution in [0.5, 0.6) is 5.75 Å². The number of piperidine rings is 1. The number of pyridine rings is 1. The molecule has 2 amide bonds. The van der Waals surface area contributed by atoms with Gasteiger partial charge < -0.3 is 25.4 Å². The molecule has 2 aliphatic rings. The number of aromatic nitrogens is 4. The molecule has 2 aliphatic heterocycles. The third-order valence-corrected chi connectivity index (χ3v) is 9.26. The molecule has 5 aromatic rings. The van der Waals surface area contributed by atoms with Crippen LogP contribution in [0.4, 0.5) is 24.8 Å². The van der Waals surface area contributed by atoms with E-state index in [4.69, 9.17) is 20.2 Å². The molecule has 0 unspecified atom stereocenters. The summed E-state index contributed by atoms with van der Waals surface area (Å²) >= 11 is 0. The average Bonchev–Trinajstić information content (AvgIpc) is 3.52. The molecule has 2 aromatic carbocycles. The highest BCUT2D eigenvalue weighted by Crippen LogP contribution is 2.39. The molecule has 0 spiro atoms. The van der Waals surface area contributed by atoms with Crippen molar-refractivity contribution in [2.75, 3.05) is 44.5 Å². The Hall–Kier alpha value is -5.50. The quantitative estimate of drug-likeness (QED) is 0.211. The Bertz CT molecular complexity index is 2090. The summed E-state index contributed by atoms with van der Waals surface area (Å²) in [5.74, 6) is 0.707. The summed E-state index contributed by atoms with van der Waals surface area (Å²) < 4.78 is 52.4. The standard InChI is InChI=1S/C36H34F3N7O4/c1-35(19-50-20-35)34(48)45-14-4-6-24(18-45)32-44-29(30-31(40)42-17-27(46(30)32)23-5-3-7-26(15-23)49-2)21-8-10-22(11-9-21)33(47)43-28-16-25(12-13-41-28)36(37,38)39/h3,5,7-13,15-17,24H,4,6,14,18-20H2,1-2H3,(H2,40,42)(H,41,43,47)/t24-/m1/s1. The highest BCUT2D eigenvalue weighted by molar-refractivity contribution is 6.04. The van der Waals surface area contributed by atoms with E-state index in [0.29, 0.717) is 54.7 Å². The molecule has 0 saturated carbocycles. The SMILES string of the molecule is COc1cccc(-c2cnc(N)c3c(-c4ccc(C(=O)Nc5cc(C(F)(F)F)ccn5)cc4)nc([C@@H]4CCCN(C(=O)C5(C)COC5)C4)n23)c1. The fraction of sp³-hybridized carbons (Fsp3) is 0.306. The molecule has 14 heteroatoms. The number of carbonyl (C=O) groups excluding carboxylic acids is 2. The Morgan fingerprint density at radius 1 is 1.06 bits per heavy atom. The largest absolute Gasteiger partial charge is 0.497 e. The summed E-state index contributed by atoms with van der Waals surface area (Å²) in [4.78, 5) is 42.0. The van der Waals surface area contributed by atoms with Gasteiger partial charge in [0.2, 0.25) is 5.91 Å². The second-order valence-corrected chi connectivity index (χ2v) is 12.9. The number of halogens is 3. The van der Waals surface area contributed by atoms with Gasteiger partial charge in [-0.05, 0) is 56.2 Å². The Kier molecular flexibility index (Phi) is 8.42. The minimum atomic E-state index is -4.57. The average molecular weight is 686 g/mol. The lowest BCUT2D eigenvalue weighted by Gasteiger charge is -2.42. The molecule has 0 radical (unpaired) electrons. The molecule has 11 nitrogen and oxygen atoms in total. The molecule has 2 saturated heterocycles. The maximum absolute atomic E-state index is 13.5. The number of anilines is 2. The van der Waals surface area contributed by atoms with E-state index < -0.39 is 23.1 Å². The number of methoxy groups -OCH3 is 1. The van der Waals surface area contributed by atoms with Gasteiger partial charge in [0.15, 0.2) is 0 Å².